The van der Waals surface area contributed by atoms with Gasteiger partial charge in [-0.2, -0.15) is 0 Å². The quantitative estimate of drug-likeness (QED) is 0.152. The van der Waals surface area contributed by atoms with E-state index in [1.807, 2.05) is 78.9 Å². The molecule has 0 fully saturated rings. The van der Waals surface area contributed by atoms with Gasteiger partial charge in [-0.15, -0.1) is 0 Å². The van der Waals surface area contributed by atoms with E-state index in [0.717, 1.165) is 87.4 Å². The summed E-state index contributed by atoms with van der Waals surface area (Å²) in [5.74, 6) is 0. The molecule has 0 amide bonds. The molecule has 19 aromatic rings. The monoisotopic (exact) mass is 1220 g/mol. The summed E-state index contributed by atoms with van der Waals surface area (Å²) in [6, 6.07) is 65.8. The van der Waals surface area contributed by atoms with E-state index in [0.29, 0.717) is 61.0 Å². The van der Waals surface area contributed by atoms with Gasteiger partial charge in [-0.3, -0.25) is 0 Å². The standard InChI is InChI=1S/C90H55BN4/c1-5-25-56(26-6-1)60-48-50-81-74(51-60)75-53-62(92-78-44-20-18-38-70(78)71-39-19-21-45-79(71)92)54-77-89(75)94(81)84-55-83-85(73-43-24-42-72-68-36-16-14-34-66(68)65-33-13-15-35-67(65)69-37-17-22-46-80(69)93(83)88(72)73)90-86(84)91(77)76-49-47-61(57-27-7-2-8-28-57)52-82(76)95(90)87-63(58-29-9-3-10-30-58)40-23-41-64(87)59-31-11-4-12-32-59/h1-55H/i1D,2D,5D,6D,7D,8D,18D,19D,20D,21D,25D,26D,27D,28D,38D,39D,44D,45D. The van der Waals surface area contributed by atoms with E-state index < -0.39 is 115 Å². The smallest absolute Gasteiger partial charge is 0.252 e. The van der Waals surface area contributed by atoms with E-state index >= 15 is 0 Å². The van der Waals surface area contributed by atoms with Gasteiger partial charge in [0.15, 0.2) is 0 Å². The lowest BCUT2D eigenvalue weighted by Crippen LogP contribution is -2.60. The van der Waals surface area contributed by atoms with Crippen LogP contribution in [0.1, 0.15) is 24.7 Å². The third-order valence-corrected chi connectivity index (χ3v) is 19.8. The summed E-state index contributed by atoms with van der Waals surface area (Å²) < 4.78 is 174. The lowest BCUT2D eigenvalue weighted by molar-refractivity contribution is 1.17. The van der Waals surface area contributed by atoms with Gasteiger partial charge in [0.25, 0.3) is 6.71 Å². The molecule has 0 radical (unpaired) electrons. The van der Waals surface area contributed by atoms with E-state index in [4.69, 9.17) is 8.22 Å². The highest BCUT2D eigenvalue weighted by Gasteiger charge is 2.45. The Labute approximate surface area is 573 Å². The van der Waals surface area contributed by atoms with Gasteiger partial charge in [-0.05, 0) is 126 Å². The fraction of sp³-hybridized carbons (Fsp3) is 0. The number of benzene rings is 15. The van der Waals surface area contributed by atoms with Crippen LogP contribution in [-0.2, 0) is 0 Å². The number of para-hydroxylation sites is 5. The number of rotatable bonds is 6. The minimum absolute atomic E-state index is 0.0436. The van der Waals surface area contributed by atoms with Crippen molar-refractivity contribution >= 4 is 143 Å². The second kappa shape index (κ2) is 20.0. The molecule has 95 heavy (non-hydrogen) atoms. The molecule has 0 aliphatic carbocycles. The number of fused-ring (bicyclic) bond motifs is 21. The maximum atomic E-state index is 9.91. The molecule has 0 unspecified atom stereocenters. The number of hydrogen-bond donors (Lipinski definition) is 0. The van der Waals surface area contributed by atoms with Crippen LogP contribution in [0.25, 0.3) is 159 Å². The van der Waals surface area contributed by atoms with E-state index in [1.54, 1.807) is 18.2 Å². The van der Waals surface area contributed by atoms with Crippen molar-refractivity contribution < 1.29 is 24.7 Å². The predicted molar refractivity (Wildman–Crippen MR) is 404 cm³/mol. The number of nitrogens with zero attached hydrogens (tertiary/aromatic N) is 4. The lowest BCUT2D eigenvalue weighted by Gasteiger charge is -2.42. The highest BCUT2D eigenvalue weighted by molar-refractivity contribution is 7.00. The molecule has 21 rings (SSSR count). The largest absolute Gasteiger partial charge is 0.310 e. The molecule has 15 aromatic carbocycles. The summed E-state index contributed by atoms with van der Waals surface area (Å²) in [7, 11) is 0. The Balaban J connectivity index is 1.05. The molecule has 0 atom stereocenters. The van der Waals surface area contributed by atoms with Crippen LogP contribution in [0.4, 0.5) is 17.1 Å². The minimum atomic E-state index is -0.926. The van der Waals surface area contributed by atoms with Gasteiger partial charge in [-0.1, -0.05) is 279 Å². The molecule has 4 aromatic heterocycles. The summed E-state index contributed by atoms with van der Waals surface area (Å²) in [5.41, 5.74) is 12.1. The first-order valence-corrected chi connectivity index (χ1v) is 31.5. The summed E-state index contributed by atoms with van der Waals surface area (Å²) >= 11 is 0. The van der Waals surface area contributed by atoms with Crippen molar-refractivity contribution in [1.29, 1.82) is 0 Å². The fourth-order valence-corrected chi connectivity index (χ4v) is 16.0. The van der Waals surface area contributed by atoms with Crippen molar-refractivity contribution in [2.24, 2.45) is 0 Å². The Morgan fingerprint density at radius 2 is 0.811 bits per heavy atom. The molecule has 4 nitrogen and oxygen atoms in total. The molecular weight excluding hydrogens is 1150 g/mol. The van der Waals surface area contributed by atoms with Gasteiger partial charge in [0, 0.05) is 76.8 Å². The second-order valence-corrected chi connectivity index (χ2v) is 24.5. The highest BCUT2D eigenvalue weighted by atomic mass is 15.2. The topological polar surface area (TPSA) is 17.5 Å². The summed E-state index contributed by atoms with van der Waals surface area (Å²) in [4.78, 5) is 2.31. The van der Waals surface area contributed by atoms with Crippen molar-refractivity contribution in [3.8, 4) is 55.9 Å². The highest BCUT2D eigenvalue weighted by Crippen LogP contribution is 2.54. The average Bonchev–Trinajstić information content (AvgIpc) is 1.56. The van der Waals surface area contributed by atoms with Gasteiger partial charge in [0.2, 0.25) is 0 Å². The van der Waals surface area contributed by atoms with Crippen LogP contribution < -0.4 is 21.3 Å². The van der Waals surface area contributed by atoms with Crippen LogP contribution in [0.2, 0.25) is 0 Å². The predicted octanol–water partition coefficient (Wildman–Crippen LogP) is 21.7. The normalized spacial score (nSPS) is 15.2. The molecule has 438 valence electrons. The number of hydrogen-bond acceptors (Lipinski definition) is 1. The Bertz CT molecular complexity index is 7490. The molecule has 6 heterocycles. The van der Waals surface area contributed by atoms with Gasteiger partial charge in [0.05, 0.1) is 69.1 Å². The summed E-state index contributed by atoms with van der Waals surface area (Å²) in [6.45, 7) is -0.926. The lowest BCUT2D eigenvalue weighted by atomic mass is 9.33. The minimum Gasteiger partial charge on any atom is -0.310 e. The van der Waals surface area contributed by atoms with Crippen LogP contribution in [0, 0.1) is 0 Å². The van der Waals surface area contributed by atoms with Crippen molar-refractivity contribution in [2.75, 3.05) is 4.90 Å². The fourth-order valence-electron chi connectivity index (χ4n) is 16.0. The first-order chi connectivity index (χ1) is 54.7. The van der Waals surface area contributed by atoms with Gasteiger partial charge in [0.1, 0.15) is 0 Å². The van der Waals surface area contributed by atoms with Gasteiger partial charge in [-0.25, -0.2) is 0 Å². The number of anilines is 3. The molecule has 0 N–H and O–H groups in total. The summed E-state index contributed by atoms with van der Waals surface area (Å²) in [6.07, 6.45) is 0. The molecule has 0 saturated carbocycles. The molecule has 0 bridgehead atoms. The molecule has 2 aliphatic heterocycles. The van der Waals surface area contributed by atoms with E-state index in [9.17, 15) is 16.4 Å². The van der Waals surface area contributed by atoms with E-state index in [2.05, 4.69) is 141 Å². The van der Waals surface area contributed by atoms with Crippen molar-refractivity contribution in [1.82, 2.24) is 13.5 Å². The van der Waals surface area contributed by atoms with Crippen LogP contribution >= 0.6 is 0 Å². The van der Waals surface area contributed by atoms with Gasteiger partial charge >= 0.3 is 0 Å². The van der Waals surface area contributed by atoms with Crippen LogP contribution in [0.5, 0.6) is 0 Å². The molecule has 2 aliphatic rings. The third-order valence-electron chi connectivity index (χ3n) is 19.8. The maximum Gasteiger partial charge on any atom is 0.252 e. The second-order valence-electron chi connectivity index (χ2n) is 24.5. The zero-order valence-electron chi connectivity index (χ0n) is 68.2. The van der Waals surface area contributed by atoms with Crippen LogP contribution in [0.3, 0.4) is 0 Å². The van der Waals surface area contributed by atoms with Gasteiger partial charge < -0.3 is 18.4 Å². The molecule has 0 spiro atoms. The molecular formula is C90H55BN4. The van der Waals surface area contributed by atoms with E-state index in [-0.39, 0.29) is 44.2 Å². The van der Waals surface area contributed by atoms with Crippen molar-refractivity contribution in [3.63, 3.8) is 0 Å². The van der Waals surface area contributed by atoms with Crippen molar-refractivity contribution in [3.05, 3.63) is 333 Å². The molecule has 5 heteroatoms. The first kappa shape index (κ1) is 37.8. The molecule has 0 saturated heterocycles. The number of aromatic nitrogens is 3. The Kier molecular flexibility index (Phi) is 7.97. The third kappa shape index (κ3) is 7.38. The Hall–Kier alpha value is -12.4. The Morgan fingerprint density at radius 3 is 1.47 bits per heavy atom. The average molecular weight is 1220 g/mol. The first-order valence-electron chi connectivity index (χ1n) is 40.5. The summed E-state index contributed by atoms with van der Waals surface area (Å²) in [5, 5.41) is 8.23. The zero-order valence-corrected chi connectivity index (χ0v) is 50.2. The zero-order chi connectivity index (χ0) is 77.6. The van der Waals surface area contributed by atoms with Crippen LogP contribution in [0.15, 0.2) is 333 Å². The van der Waals surface area contributed by atoms with Crippen LogP contribution in [-0.4, -0.2) is 20.2 Å². The maximum absolute atomic E-state index is 9.91. The SMILES string of the molecule is [2H]c1c([2H])c([2H])c(-c2ccc3c(c2)N(c2c(-c4ccccc4)cccc2-c2ccccc2)c2c4c(cc5c2c2cccc6c7ccccc7c7ccccc7c7ccccc7n5c62)-n2c5ccc(-c6c([2H])c([2H])c([2H])c([2H])c6[2H])cc5c5cc(-n6c7c([2H])c([2H])c([2H])c([2H])c7c7c([2H])c([2H])c([2H])c([2H])c76)cc(c52)B34)c([2H])c1[2H]. The Morgan fingerprint density at radius 1 is 0.274 bits per heavy atom. The van der Waals surface area contributed by atoms with Crippen molar-refractivity contribution in [2.45, 2.75) is 0 Å². The van der Waals surface area contributed by atoms with E-state index in [1.165, 1.54) is 4.57 Å².